The predicted molar refractivity (Wildman–Crippen MR) is 72.0 cm³/mol. The molecule has 0 saturated carbocycles. The zero-order chi connectivity index (χ0) is 12.1. The Hall–Kier alpha value is -1.84. The van der Waals surface area contributed by atoms with Gasteiger partial charge in [-0.3, -0.25) is 0 Å². The number of nitrogens with two attached hydrogens (primary N) is 1. The number of anilines is 2. The van der Waals surface area contributed by atoms with E-state index < -0.39 is 0 Å². The van der Waals surface area contributed by atoms with Crippen molar-refractivity contribution in [2.75, 3.05) is 17.6 Å². The predicted octanol–water partition coefficient (Wildman–Crippen LogP) is 2.81. The van der Waals surface area contributed by atoms with E-state index in [1.807, 2.05) is 18.2 Å². The molecule has 0 atom stereocenters. The summed E-state index contributed by atoms with van der Waals surface area (Å²) in [5, 5.41) is 4.38. The van der Waals surface area contributed by atoms with E-state index in [0.29, 0.717) is 0 Å². The third kappa shape index (κ3) is 2.84. The quantitative estimate of drug-likeness (QED) is 0.612. The summed E-state index contributed by atoms with van der Waals surface area (Å²) < 4.78 is 0. The number of nitrogens with one attached hydrogen (secondary N) is 1. The molecule has 0 aliphatic heterocycles. The highest BCUT2D eigenvalue weighted by Gasteiger charge is 2.02. The summed E-state index contributed by atoms with van der Waals surface area (Å²) in [7, 11) is 0. The molecular weight excluding hydrogens is 212 g/mol. The van der Waals surface area contributed by atoms with E-state index in [0.717, 1.165) is 35.4 Å². The van der Waals surface area contributed by atoms with Gasteiger partial charge in [0.05, 0.1) is 5.52 Å². The Morgan fingerprint density at radius 2 is 2.12 bits per heavy atom. The molecule has 1 heterocycles. The van der Waals surface area contributed by atoms with Crippen molar-refractivity contribution >= 4 is 22.4 Å². The smallest absolute Gasteiger partial charge is 0.137 e. The molecule has 0 radical (unpaired) electrons. The van der Waals surface area contributed by atoms with E-state index >= 15 is 0 Å². The second-order valence-corrected chi connectivity index (χ2v) is 4.13. The van der Waals surface area contributed by atoms with Crippen molar-refractivity contribution in [3.05, 3.63) is 24.5 Å². The number of aromatic nitrogens is 2. The normalized spacial score (nSPS) is 10.6. The first-order valence-corrected chi connectivity index (χ1v) is 6.05. The van der Waals surface area contributed by atoms with Gasteiger partial charge in [0.2, 0.25) is 0 Å². The van der Waals surface area contributed by atoms with Crippen LogP contribution in [0.15, 0.2) is 24.5 Å². The number of benzene rings is 1. The highest BCUT2D eigenvalue weighted by molar-refractivity contribution is 5.90. The number of hydrogen-bond donors (Lipinski definition) is 2. The van der Waals surface area contributed by atoms with Crippen molar-refractivity contribution in [1.82, 2.24) is 9.97 Å². The molecule has 90 valence electrons. The first-order valence-electron chi connectivity index (χ1n) is 6.05. The van der Waals surface area contributed by atoms with Crippen LogP contribution in [-0.4, -0.2) is 16.5 Å². The zero-order valence-corrected chi connectivity index (χ0v) is 10.1. The van der Waals surface area contributed by atoms with Crippen LogP contribution in [0, 0.1) is 0 Å². The lowest BCUT2D eigenvalue weighted by Crippen LogP contribution is -2.04. The SMILES string of the molecule is CCCCCNc1ncnc2cc(N)ccc12. The van der Waals surface area contributed by atoms with Crippen molar-refractivity contribution in [2.24, 2.45) is 0 Å². The van der Waals surface area contributed by atoms with E-state index in [-0.39, 0.29) is 0 Å². The minimum absolute atomic E-state index is 0.730. The number of fused-ring (bicyclic) bond motifs is 1. The molecule has 2 rings (SSSR count). The molecule has 4 heteroatoms. The van der Waals surface area contributed by atoms with Crippen molar-refractivity contribution in [1.29, 1.82) is 0 Å². The van der Waals surface area contributed by atoms with E-state index in [1.54, 1.807) is 6.33 Å². The Balaban J connectivity index is 2.16. The molecule has 0 aliphatic carbocycles. The van der Waals surface area contributed by atoms with Gasteiger partial charge in [0.25, 0.3) is 0 Å². The van der Waals surface area contributed by atoms with E-state index in [4.69, 9.17) is 5.73 Å². The highest BCUT2D eigenvalue weighted by Crippen LogP contribution is 2.21. The average Bonchev–Trinajstić information content (AvgIpc) is 2.34. The molecule has 0 saturated heterocycles. The van der Waals surface area contributed by atoms with Gasteiger partial charge in [-0.1, -0.05) is 19.8 Å². The summed E-state index contributed by atoms with van der Waals surface area (Å²) in [4.78, 5) is 8.49. The monoisotopic (exact) mass is 230 g/mol. The fourth-order valence-corrected chi connectivity index (χ4v) is 1.80. The summed E-state index contributed by atoms with van der Waals surface area (Å²) in [6.07, 6.45) is 5.20. The molecule has 0 spiro atoms. The maximum absolute atomic E-state index is 5.73. The molecule has 0 aliphatic rings. The molecule has 2 aromatic rings. The lowest BCUT2D eigenvalue weighted by atomic mass is 10.2. The number of unbranched alkanes of at least 4 members (excludes halogenated alkanes) is 2. The van der Waals surface area contributed by atoms with Crippen molar-refractivity contribution in [2.45, 2.75) is 26.2 Å². The molecule has 0 bridgehead atoms. The Morgan fingerprint density at radius 1 is 1.24 bits per heavy atom. The van der Waals surface area contributed by atoms with Gasteiger partial charge in [-0.15, -0.1) is 0 Å². The number of nitrogen functional groups attached to an aromatic ring is 1. The van der Waals surface area contributed by atoms with E-state index in [9.17, 15) is 0 Å². The summed E-state index contributed by atoms with van der Waals surface area (Å²) in [6, 6.07) is 5.71. The zero-order valence-electron chi connectivity index (χ0n) is 10.1. The fraction of sp³-hybridized carbons (Fsp3) is 0.385. The van der Waals surface area contributed by atoms with Crippen LogP contribution < -0.4 is 11.1 Å². The minimum Gasteiger partial charge on any atom is -0.399 e. The summed E-state index contributed by atoms with van der Waals surface area (Å²) >= 11 is 0. The van der Waals surface area contributed by atoms with Crippen LogP contribution in [0.25, 0.3) is 10.9 Å². The fourth-order valence-electron chi connectivity index (χ4n) is 1.80. The molecule has 17 heavy (non-hydrogen) atoms. The topological polar surface area (TPSA) is 63.8 Å². The van der Waals surface area contributed by atoms with Gasteiger partial charge in [-0.25, -0.2) is 9.97 Å². The van der Waals surface area contributed by atoms with Crippen molar-refractivity contribution in [3.63, 3.8) is 0 Å². The van der Waals surface area contributed by atoms with Gasteiger partial charge in [-0.2, -0.15) is 0 Å². The third-order valence-corrected chi connectivity index (χ3v) is 2.73. The van der Waals surface area contributed by atoms with Crippen LogP contribution in [0.4, 0.5) is 11.5 Å². The van der Waals surface area contributed by atoms with Gasteiger partial charge >= 0.3 is 0 Å². The molecular formula is C13H18N4. The summed E-state index contributed by atoms with van der Waals surface area (Å²) in [5.41, 5.74) is 7.35. The van der Waals surface area contributed by atoms with Gasteiger partial charge in [-0.05, 0) is 24.6 Å². The number of rotatable bonds is 5. The standard InChI is InChI=1S/C13H18N4/c1-2-3-4-7-15-13-11-6-5-10(14)8-12(11)16-9-17-13/h5-6,8-9H,2-4,7,14H2,1H3,(H,15,16,17). The summed E-state index contributed by atoms with van der Waals surface area (Å²) in [5.74, 6) is 0.895. The van der Waals surface area contributed by atoms with Gasteiger partial charge in [0.15, 0.2) is 0 Å². The minimum atomic E-state index is 0.730. The number of nitrogens with zero attached hydrogens (tertiary/aromatic N) is 2. The van der Waals surface area contributed by atoms with Crippen LogP contribution in [0.5, 0.6) is 0 Å². The van der Waals surface area contributed by atoms with Crippen LogP contribution in [-0.2, 0) is 0 Å². The van der Waals surface area contributed by atoms with E-state index in [1.165, 1.54) is 12.8 Å². The second-order valence-electron chi connectivity index (χ2n) is 4.13. The van der Waals surface area contributed by atoms with Crippen molar-refractivity contribution in [3.8, 4) is 0 Å². The third-order valence-electron chi connectivity index (χ3n) is 2.73. The molecule has 1 aromatic carbocycles. The maximum Gasteiger partial charge on any atom is 0.137 e. The van der Waals surface area contributed by atoms with Crippen molar-refractivity contribution < 1.29 is 0 Å². The molecule has 0 amide bonds. The number of hydrogen-bond acceptors (Lipinski definition) is 4. The Kier molecular flexibility index (Phi) is 3.75. The Bertz CT molecular complexity index is 496. The van der Waals surface area contributed by atoms with E-state index in [2.05, 4.69) is 22.2 Å². The molecule has 0 fully saturated rings. The molecule has 4 nitrogen and oxygen atoms in total. The Morgan fingerprint density at radius 3 is 2.94 bits per heavy atom. The molecule has 0 unspecified atom stereocenters. The van der Waals surface area contributed by atoms with Crippen LogP contribution in [0.1, 0.15) is 26.2 Å². The lowest BCUT2D eigenvalue weighted by molar-refractivity contribution is 0.742. The Labute approximate surface area is 101 Å². The van der Waals surface area contributed by atoms with Gasteiger partial charge < -0.3 is 11.1 Å². The molecule has 3 N–H and O–H groups in total. The van der Waals surface area contributed by atoms with Gasteiger partial charge in [0, 0.05) is 17.6 Å². The lowest BCUT2D eigenvalue weighted by Gasteiger charge is -2.08. The maximum atomic E-state index is 5.73. The summed E-state index contributed by atoms with van der Waals surface area (Å²) in [6.45, 7) is 3.15. The first-order chi connectivity index (χ1) is 8.31. The van der Waals surface area contributed by atoms with Gasteiger partial charge in [0.1, 0.15) is 12.1 Å². The highest BCUT2D eigenvalue weighted by atomic mass is 15.0. The van der Waals surface area contributed by atoms with Crippen LogP contribution in [0.2, 0.25) is 0 Å². The average molecular weight is 230 g/mol. The van der Waals surface area contributed by atoms with Crippen LogP contribution >= 0.6 is 0 Å². The van der Waals surface area contributed by atoms with Crippen LogP contribution in [0.3, 0.4) is 0 Å². The second kappa shape index (κ2) is 5.48. The first kappa shape index (κ1) is 11.6. The molecule has 1 aromatic heterocycles. The largest absolute Gasteiger partial charge is 0.399 e.